The van der Waals surface area contributed by atoms with Gasteiger partial charge in [-0.25, -0.2) is 0 Å². The highest BCUT2D eigenvalue weighted by Gasteiger charge is 2.14. The van der Waals surface area contributed by atoms with Gasteiger partial charge in [-0.2, -0.15) is 0 Å². The van der Waals surface area contributed by atoms with Crippen LogP contribution >= 0.6 is 12.4 Å². The van der Waals surface area contributed by atoms with Gasteiger partial charge in [-0.15, -0.1) is 12.4 Å². The second-order valence-electron chi connectivity index (χ2n) is 2.92. The predicted octanol–water partition coefficient (Wildman–Crippen LogP) is 1.84. The number of carboxylic acids is 1. The first-order valence-corrected chi connectivity index (χ1v) is 4.12. The molecule has 1 saturated heterocycles. The van der Waals surface area contributed by atoms with Crippen molar-refractivity contribution in [3.63, 3.8) is 0 Å². The Morgan fingerprint density at radius 3 is 2.75 bits per heavy atom. The number of hydrogen-bond acceptors (Lipinski definition) is 2. The van der Waals surface area contributed by atoms with Crippen LogP contribution < -0.4 is 0 Å². The van der Waals surface area contributed by atoms with Gasteiger partial charge in [0.15, 0.2) is 0 Å². The summed E-state index contributed by atoms with van der Waals surface area (Å²) >= 11 is 0. The van der Waals surface area contributed by atoms with E-state index in [1.54, 1.807) is 0 Å². The molecule has 12 heavy (non-hydrogen) atoms. The van der Waals surface area contributed by atoms with Crippen molar-refractivity contribution >= 4 is 18.4 Å². The van der Waals surface area contributed by atoms with Gasteiger partial charge in [0.05, 0.1) is 6.10 Å². The number of ether oxygens (including phenoxy) is 1. The van der Waals surface area contributed by atoms with Crippen LogP contribution in [0.5, 0.6) is 0 Å². The molecule has 0 saturated carbocycles. The van der Waals surface area contributed by atoms with Gasteiger partial charge in [-0.05, 0) is 25.7 Å². The standard InChI is InChI=1S/C8H14O3.ClH/c9-8(10)5-4-7-3-1-2-6-11-7;/h7H,1-6H2,(H,9,10);1H/t7-;/m1./s1. The van der Waals surface area contributed by atoms with Crippen LogP contribution in [0.4, 0.5) is 0 Å². The van der Waals surface area contributed by atoms with E-state index in [1.165, 1.54) is 6.42 Å². The molecule has 1 rings (SSSR count). The fourth-order valence-electron chi connectivity index (χ4n) is 1.32. The summed E-state index contributed by atoms with van der Waals surface area (Å²) in [6.45, 7) is 0.810. The second-order valence-corrected chi connectivity index (χ2v) is 2.92. The van der Waals surface area contributed by atoms with Crippen molar-refractivity contribution in [2.45, 2.75) is 38.2 Å². The molecule has 0 unspecified atom stereocenters. The summed E-state index contributed by atoms with van der Waals surface area (Å²) in [6, 6.07) is 0. The van der Waals surface area contributed by atoms with Crippen molar-refractivity contribution < 1.29 is 14.6 Å². The first-order valence-electron chi connectivity index (χ1n) is 4.12. The molecule has 1 aliphatic heterocycles. The van der Waals surface area contributed by atoms with Crippen LogP contribution in [0.15, 0.2) is 0 Å². The summed E-state index contributed by atoms with van der Waals surface area (Å²) in [4.78, 5) is 10.2. The fraction of sp³-hybridized carbons (Fsp3) is 0.875. The van der Waals surface area contributed by atoms with Crippen LogP contribution in [0.25, 0.3) is 0 Å². The Bertz CT molecular complexity index is 132. The highest BCUT2D eigenvalue weighted by atomic mass is 35.5. The Morgan fingerprint density at radius 2 is 2.25 bits per heavy atom. The van der Waals surface area contributed by atoms with E-state index >= 15 is 0 Å². The maximum atomic E-state index is 10.2. The minimum absolute atomic E-state index is 0. The third kappa shape index (κ3) is 4.57. The lowest BCUT2D eigenvalue weighted by Gasteiger charge is -2.21. The molecule has 1 atom stereocenters. The SMILES string of the molecule is Cl.O=C(O)CC[C@H]1CCCCO1. The van der Waals surface area contributed by atoms with Gasteiger partial charge >= 0.3 is 5.97 Å². The number of rotatable bonds is 3. The van der Waals surface area contributed by atoms with Crippen molar-refractivity contribution in [3.8, 4) is 0 Å². The molecule has 1 aliphatic rings. The van der Waals surface area contributed by atoms with Crippen molar-refractivity contribution in [2.75, 3.05) is 6.61 Å². The molecule has 0 amide bonds. The summed E-state index contributed by atoms with van der Waals surface area (Å²) in [7, 11) is 0. The molecule has 0 aliphatic carbocycles. The molecule has 3 nitrogen and oxygen atoms in total. The normalized spacial score (nSPS) is 22.8. The Hall–Kier alpha value is -0.280. The zero-order chi connectivity index (χ0) is 8.10. The quantitative estimate of drug-likeness (QED) is 0.746. The number of halogens is 1. The van der Waals surface area contributed by atoms with E-state index < -0.39 is 5.97 Å². The van der Waals surface area contributed by atoms with E-state index in [0.717, 1.165) is 19.4 Å². The van der Waals surface area contributed by atoms with Gasteiger partial charge in [0.1, 0.15) is 0 Å². The summed E-state index contributed by atoms with van der Waals surface area (Å²) in [5, 5.41) is 8.39. The minimum atomic E-state index is -0.723. The first-order chi connectivity index (χ1) is 5.29. The number of carboxylic acid groups (broad SMARTS) is 1. The van der Waals surface area contributed by atoms with Crippen molar-refractivity contribution in [1.29, 1.82) is 0 Å². The zero-order valence-electron chi connectivity index (χ0n) is 6.99. The number of hydrogen-bond donors (Lipinski definition) is 1. The van der Waals surface area contributed by atoms with Gasteiger partial charge in [0.2, 0.25) is 0 Å². The molecular weight excluding hydrogens is 180 g/mol. The van der Waals surface area contributed by atoms with Crippen LogP contribution in [0.1, 0.15) is 32.1 Å². The summed E-state index contributed by atoms with van der Waals surface area (Å²) in [5.74, 6) is -0.723. The van der Waals surface area contributed by atoms with Crippen molar-refractivity contribution in [3.05, 3.63) is 0 Å². The van der Waals surface area contributed by atoms with Crippen molar-refractivity contribution in [1.82, 2.24) is 0 Å². The van der Waals surface area contributed by atoms with Gasteiger partial charge in [0.25, 0.3) is 0 Å². The molecule has 0 aromatic rings. The van der Waals surface area contributed by atoms with Crippen LogP contribution in [-0.2, 0) is 9.53 Å². The maximum Gasteiger partial charge on any atom is 0.303 e. The van der Waals surface area contributed by atoms with Crippen LogP contribution in [-0.4, -0.2) is 23.8 Å². The topological polar surface area (TPSA) is 46.5 Å². The van der Waals surface area contributed by atoms with E-state index in [4.69, 9.17) is 9.84 Å². The molecule has 0 aromatic heterocycles. The molecule has 1 heterocycles. The molecule has 0 radical (unpaired) electrons. The second kappa shape index (κ2) is 6.26. The molecule has 4 heteroatoms. The third-order valence-electron chi connectivity index (χ3n) is 1.95. The number of carbonyl (C=O) groups is 1. The summed E-state index contributed by atoms with van der Waals surface area (Å²) in [6.07, 6.45) is 4.47. The molecule has 1 fully saturated rings. The molecule has 72 valence electrons. The van der Waals surface area contributed by atoms with Gasteiger partial charge in [0, 0.05) is 13.0 Å². The van der Waals surface area contributed by atoms with Crippen LogP contribution in [0.3, 0.4) is 0 Å². The Morgan fingerprint density at radius 1 is 1.50 bits per heavy atom. The lowest BCUT2D eigenvalue weighted by atomic mass is 10.1. The molecule has 1 N–H and O–H groups in total. The molecular formula is C8H15ClO3. The summed E-state index contributed by atoms with van der Waals surface area (Å²) < 4.78 is 5.36. The summed E-state index contributed by atoms with van der Waals surface area (Å²) in [5.41, 5.74) is 0. The van der Waals surface area contributed by atoms with Crippen LogP contribution in [0, 0.1) is 0 Å². The van der Waals surface area contributed by atoms with E-state index in [0.29, 0.717) is 6.42 Å². The Labute approximate surface area is 78.5 Å². The average Bonchev–Trinajstić information content (AvgIpc) is 2.03. The Kier molecular flexibility index (Phi) is 6.11. The fourth-order valence-corrected chi connectivity index (χ4v) is 1.32. The Balaban J connectivity index is 0.00000121. The van der Waals surface area contributed by atoms with Crippen molar-refractivity contribution in [2.24, 2.45) is 0 Å². The van der Waals surface area contributed by atoms with E-state index in [-0.39, 0.29) is 24.9 Å². The largest absolute Gasteiger partial charge is 0.481 e. The maximum absolute atomic E-state index is 10.2. The van der Waals surface area contributed by atoms with E-state index in [9.17, 15) is 4.79 Å². The smallest absolute Gasteiger partial charge is 0.303 e. The highest BCUT2D eigenvalue weighted by Crippen LogP contribution is 2.16. The molecule has 0 bridgehead atoms. The number of aliphatic carboxylic acids is 1. The van der Waals surface area contributed by atoms with Gasteiger partial charge in [-0.3, -0.25) is 4.79 Å². The van der Waals surface area contributed by atoms with E-state index in [1.807, 2.05) is 0 Å². The average molecular weight is 195 g/mol. The lowest BCUT2D eigenvalue weighted by molar-refractivity contribution is -0.138. The van der Waals surface area contributed by atoms with Gasteiger partial charge in [-0.1, -0.05) is 0 Å². The lowest BCUT2D eigenvalue weighted by Crippen LogP contribution is -2.19. The predicted molar refractivity (Wildman–Crippen MR) is 47.7 cm³/mol. The highest BCUT2D eigenvalue weighted by molar-refractivity contribution is 5.85. The minimum Gasteiger partial charge on any atom is -0.481 e. The van der Waals surface area contributed by atoms with Gasteiger partial charge < -0.3 is 9.84 Å². The molecule has 0 spiro atoms. The molecule has 0 aromatic carbocycles. The van der Waals surface area contributed by atoms with Crippen LogP contribution in [0.2, 0.25) is 0 Å². The van der Waals surface area contributed by atoms with E-state index in [2.05, 4.69) is 0 Å². The zero-order valence-corrected chi connectivity index (χ0v) is 7.81. The first kappa shape index (κ1) is 11.7. The third-order valence-corrected chi connectivity index (χ3v) is 1.95. The monoisotopic (exact) mass is 194 g/mol.